The number of aromatic nitrogens is 1. The summed E-state index contributed by atoms with van der Waals surface area (Å²) in [5.41, 5.74) is 3.14. The van der Waals surface area contributed by atoms with Gasteiger partial charge in [0, 0.05) is 12.0 Å². The van der Waals surface area contributed by atoms with Crippen molar-refractivity contribution in [3.63, 3.8) is 0 Å². The van der Waals surface area contributed by atoms with Crippen molar-refractivity contribution in [3.8, 4) is 0 Å². The van der Waals surface area contributed by atoms with Gasteiger partial charge in [-0.1, -0.05) is 0 Å². The van der Waals surface area contributed by atoms with Crippen LogP contribution in [0.15, 0.2) is 18.3 Å². The molecule has 0 radical (unpaired) electrons. The molecular weight excluding hydrogens is 245 g/mol. The molecule has 0 aliphatic rings. The molecule has 5 nitrogen and oxygen atoms in total. The van der Waals surface area contributed by atoms with Crippen molar-refractivity contribution in [2.24, 2.45) is 5.84 Å². The van der Waals surface area contributed by atoms with Gasteiger partial charge in [0.2, 0.25) is 0 Å². The minimum atomic E-state index is -2.97. The highest BCUT2D eigenvalue weighted by molar-refractivity contribution is 7.90. The van der Waals surface area contributed by atoms with Crippen molar-refractivity contribution in [1.29, 1.82) is 0 Å². The predicted molar refractivity (Wildman–Crippen MR) is 63.2 cm³/mol. The van der Waals surface area contributed by atoms with Crippen LogP contribution in [0.4, 0.5) is 4.39 Å². The van der Waals surface area contributed by atoms with E-state index in [1.54, 1.807) is 0 Å². The zero-order chi connectivity index (χ0) is 12.9. The first-order valence-electron chi connectivity index (χ1n) is 5.17. The molecule has 1 atom stereocenters. The highest BCUT2D eigenvalue weighted by atomic mass is 32.2. The number of hydrazine groups is 1. The second-order valence-electron chi connectivity index (χ2n) is 3.89. The second kappa shape index (κ2) is 6.04. The van der Waals surface area contributed by atoms with Crippen LogP contribution < -0.4 is 11.3 Å². The lowest BCUT2D eigenvalue weighted by atomic mass is 10.1. The fourth-order valence-corrected chi connectivity index (χ4v) is 2.15. The third kappa shape index (κ3) is 5.20. The normalized spacial score (nSPS) is 13.6. The fraction of sp³-hybridized carbons (Fsp3) is 0.500. The highest BCUT2D eigenvalue weighted by Gasteiger charge is 2.12. The van der Waals surface area contributed by atoms with Gasteiger partial charge < -0.3 is 0 Å². The number of nitrogens with zero attached hydrogens (tertiary/aromatic N) is 1. The third-order valence-electron chi connectivity index (χ3n) is 2.32. The van der Waals surface area contributed by atoms with Gasteiger partial charge in [-0.15, -0.1) is 0 Å². The summed E-state index contributed by atoms with van der Waals surface area (Å²) in [5, 5.41) is 0. The maximum absolute atomic E-state index is 12.7. The van der Waals surface area contributed by atoms with Gasteiger partial charge in [0.15, 0.2) is 0 Å². The van der Waals surface area contributed by atoms with Crippen molar-refractivity contribution < 1.29 is 12.8 Å². The first kappa shape index (κ1) is 14.0. The number of hydrogen-bond donors (Lipinski definition) is 2. The van der Waals surface area contributed by atoms with Gasteiger partial charge in [0.25, 0.3) is 0 Å². The Bertz CT molecular complexity index is 447. The van der Waals surface area contributed by atoms with Crippen molar-refractivity contribution in [2.75, 3.05) is 12.0 Å². The molecule has 1 aromatic rings. The zero-order valence-electron chi connectivity index (χ0n) is 9.56. The lowest BCUT2D eigenvalue weighted by Gasteiger charge is -2.14. The minimum absolute atomic E-state index is 0.104. The van der Waals surface area contributed by atoms with E-state index in [2.05, 4.69) is 10.4 Å². The van der Waals surface area contributed by atoms with Crippen LogP contribution in [0.25, 0.3) is 0 Å². The maximum atomic E-state index is 12.7. The molecule has 0 spiro atoms. The summed E-state index contributed by atoms with van der Waals surface area (Å²) < 4.78 is 34.6. The summed E-state index contributed by atoms with van der Waals surface area (Å²) >= 11 is 0. The smallest absolute Gasteiger partial charge is 0.147 e. The Morgan fingerprint density at radius 2 is 2.24 bits per heavy atom. The second-order valence-corrected chi connectivity index (χ2v) is 6.15. The topological polar surface area (TPSA) is 85.1 Å². The molecule has 0 amide bonds. The Kier molecular flexibility index (Phi) is 4.98. The molecule has 0 aromatic carbocycles. The number of nitrogens with one attached hydrogen (secondary N) is 1. The molecule has 0 aliphatic carbocycles. The van der Waals surface area contributed by atoms with Gasteiger partial charge in [0.05, 0.1) is 17.9 Å². The van der Waals surface area contributed by atoms with E-state index in [1.807, 2.05) is 0 Å². The summed E-state index contributed by atoms with van der Waals surface area (Å²) in [5.74, 6) is 5.05. The minimum Gasteiger partial charge on any atom is -0.271 e. The van der Waals surface area contributed by atoms with Crippen LogP contribution >= 0.6 is 0 Å². The molecule has 7 heteroatoms. The van der Waals surface area contributed by atoms with E-state index in [0.717, 1.165) is 6.20 Å². The third-order valence-corrected chi connectivity index (χ3v) is 3.35. The Balaban J connectivity index is 2.57. The van der Waals surface area contributed by atoms with Crippen molar-refractivity contribution in [2.45, 2.75) is 18.9 Å². The van der Waals surface area contributed by atoms with Crippen LogP contribution in [0.2, 0.25) is 0 Å². The van der Waals surface area contributed by atoms with Gasteiger partial charge in [-0.05, 0) is 25.0 Å². The Hall–Kier alpha value is -1.05. The zero-order valence-corrected chi connectivity index (χ0v) is 10.4. The van der Waals surface area contributed by atoms with E-state index < -0.39 is 15.7 Å². The van der Waals surface area contributed by atoms with Crippen molar-refractivity contribution in [3.05, 3.63) is 29.8 Å². The lowest BCUT2D eigenvalue weighted by molar-refractivity contribution is 0.494. The molecule has 0 aliphatic heterocycles. The van der Waals surface area contributed by atoms with Crippen molar-refractivity contribution >= 4 is 9.84 Å². The lowest BCUT2D eigenvalue weighted by Crippen LogP contribution is -2.29. The van der Waals surface area contributed by atoms with Gasteiger partial charge in [-0.25, -0.2) is 12.8 Å². The molecule has 0 bridgehead atoms. The van der Waals surface area contributed by atoms with Crippen LogP contribution in [0.5, 0.6) is 0 Å². The monoisotopic (exact) mass is 261 g/mol. The van der Waals surface area contributed by atoms with Crippen LogP contribution in [0.1, 0.15) is 24.6 Å². The molecule has 17 heavy (non-hydrogen) atoms. The first-order valence-corrected chi connectivity index (χ1v) is 7.24. The average Bonchev–Trinajstić information content (AvgIpc) is 2.24. The molecule has 0 fully saturated rings. The molecule has 0 saturated carbocycles. The van der Waals surface area contributed by atoms with Gasteiger partial charge in [0.1, 0.15) is 15.7 Å². The van der Waals surface area contributed by atoms with E-state index in [9.17, 15) is 12.8 Å². The summed E-state index contributed by atoms with van der Waals surface area (Å²) in [6.07, 6.45) is 3.30. The molecule has 1 unspecified atom stereocenters. The predicted octanol–water partition coefficient (Wildman–Crippen LogP) is 0.550. The van der Waals surface area contributed by atoms with Crippen molar-refractivity contribution in [1.82, 2.24) is 10.4 Å². The number of rotatable bonds is 6. The molecular formula is C10H16FN3O2S. The number of nitrogens with two attached hydrogens (primary N) is 1. The number of pyridine rings is 1. The first-order chi connectivity index (χ1) is 7.92. The summed E-state index contributed by atoms with van der Waals surface area (Å²) in [6.45, 7) is 0. The van der Waals surface area contributed by atoms with E-state index in [1.165, 1.54) is 18.4 Å². The van der Waals surface area contributed by atoms with Crippen LogP contribution in [0, 0.1) is 5.82 Å². The SMILES string of the molecule is CS(=O)(=O)CCCC(NN)c1ccc(F)cn1. The fourth-order valence-electron chi connectivity index (χ4n) is 1.46. The number of hydrogen-bond acceptors (Lipinski definition) is 5. The van der Waals surface area contributed by atoms with Gasteiger partial charge >= 0.3 is 0 Å². The molecule has 1 rings (SSSR count). The largest absolute Gasteiger partial charge is 0.271 e. The molecule has 3 N–H and O–H groups in total. The molecule has 1 aromatic heterocycles. The number of halogens is 1. The van der Waals surface area contributed by atoms with E-state index >= 15 is 0 Å². The summed E-state index contributed by atoms with van der Waals surface area (Å²) in [6, 6.07) is 2.56. The molecule has 0 saturated heterocycles. The standard InChI is InChI=1S/C10H16FN3O2S/c1-17(15,16)6-2-3-10(14-12)9-5-4-8(11)7-13-9/h4-5,7,10,14H,2-3,6,12H2,1H3. The molecule has 96 valence electrons. The summed E-state index contributed by atoms with van der Waals surface area (Å²) in [7, 11) is -2.97. The van der Waals surface area contributed by atoms with E-state index in [-0.39, 0.29) is 11.8 Å². The van der Waals surface area contributed by atoms with Gasteiger partial charge in [-0.3, -0.25) is 16.3 Å². The maximum Gasteiger partial charge on any atom is 0.147 e. The summed E-state index contributed by atoms with van der Waals surface area (Å²) in [4.78, 5) is 3.90. The van der Waals surface area contributed by atoms with Crippen LogP contribution in [0.3, 0.4) is 0 Å². The Morgan fingerprint density at radius 3 is 2.71 bits per heavy atom. The Morgan fingerprint density at radius 1 is 1.53 bits per heavy atom. The average molecular weight is 261 g/mol. The van der Waals surface area contributed by atoms with E-state index in [0.29, 0.717) is 18.5 Å². The van der Waals surface area contributed by atoms with Crippen LogP contribution in [-0.4, -0.2) is 25.4 Å². The highest BCUT2D eigenvalue weighted by Crippen LogP contribution is 2.15. The van der Waals surface area contributed by atoms with Crippen LogP contribution in [-0.2, 0) is 9.84 Å². The Labute approximate surface area is 100 Å². The quantitative estimate of drug-likeness (QED) is 0.577. The van der Waals surface area contributed by atoms with Gasteiger partial charge in [-0.2, -0.15) is 0 Å². The molecule has 1 heterocycles. The van der Waals surface area contributed by atoms with E-state index in [4.69, 9.17) is 5.84 Å². The number of sulfone groups is 1.